The van der Waals surface area contributed by atoms with Gasteiger partial charge in [0, 0.05) is 12.6 Å². The molecule has 1 saturated carbocycles. The first-order valence-corrected chi connectivity index (χ1v) is 10.4. The summed E-state index contributed by atoms with van der Waals surface area (Å²) in [4.78, 5) is 30.2. The highest BCUT2D eigenvalue weighted by Crippen LogP contribution is 2.37. The van der Waals surface area contributed by atoms with Crippen LogP contribution >= 0.6 is 11.8 Å². The van der Waals surface area contributed by atoms with Crippen molar-refractivity contribution in [1.29, 1.82) is 0 Å². The van der Waals surface area contributed by atoms with Gasteiger partial charge in [0.15, 0.2) is 5.16 Å². The molecule has 1 aliphatic rings. The van der Waals surface area contributed by atoms with Crippen molar-refractivity contribution in [3.63, 3.8) is 0 Å². The number of benzene rings is 2. The molecule has 0 unspecified atom stereocenters. The van der Waals surface area contributed by atoms with Gasteiger partial charge in [-0.25, -0.2) is 4.98 Å². The van der Waals surface area contributed by atoms with Gasteiger partial charge in [-0.3, -0.25) is 14.2 Å². The highest BCUT2D eigenvalue weighted by molar-refractivity contribution is 8.00. The van der Waals surface area contributed by atoms with Crippen molar-refractivity contribution in [3.8, 4) is 0 Å². The van der Waals surface area contributed by atoms with Crippen LogP contribution in [0.3, 0.4) is 0 Å². The fourth-order valence-electron chi connectivity index (χ4n) is 3.11. The number of nitrogens with one attached hydrogen (secondary N) is 1. The van der Waals surface area contributed by atoms with Crippen molar-refractivity contribution in [2.24, 2.45) is 0 Å². The molecule has 2 aromatic carbocycles. The molecule has 0 radical (unpaired) electrons. The third kappa shape index (κ3) is 3.97. The standard InChI is InChI=1S/C22H23N3O2S/c1-14-7-9-16(10-8-14)13-23-20(26)15(2)28-22-24-19-6-4-3-5-18(19)21(27)25(22)17-11-12-17/h3-10,15,17H,11-13H2,1-2H3,(H,23,26)/t15-/m0/s1. The number of hydrogen-bond donors (Lipinski definition) is 1. The Balaban J connectivity index is 1.52. The molecule has 144 valence electrons. The predicted octanol–water partition coefficient (Wildman–Crippen LogP) is 3.84. The van der Waals surface area contributed by atoms with Gasteiger partial charge >= 0.3 is 0 Å². The second kappa shape index (κ2) is 7.80. The lowest BCUT2D eigenvalue weighted by Gasteiger charge is -2.16. The van der Waals surface area contributed by atoms with Gasteiger partial charge in [-0.1, -0.05) is 53.7 Å². The zero-order chi connectivity index (χ0) is 19.7. The van der Waals surface area contributed by atoms with Crippen LogP contribution in [0.4, 0.5) is 0 Å². The highest BCUT2D eigenvalue weighted by atomic mass is 32.2. The Labute approximate surface area is 168 Å². The summed E-state index contributed by atoms with van der Waals surface area (Å²) >= 11 is 1.35. The summed E-state index contributed by atoms with van der Waals surface area (Å²) in [5, 5.41) is 3.90. The number of carbonyl (C=O) groups is 1. The van der Waals surface area contributed by atoms with Crippen molar-refractivity contribution in [2.45, 2.75) is 49.7 Å². The summed E-state index contributed by atoms with van der Waals surface area (Å²) in [6.45, 7) is 4.38. The number of hydrogen-bond acceptors (Lipinski definition) is 4. The van der Waals surface area contributed by atoms with Crippen LogP contribution in [0.25, 0.3) is 10.9 Å². The lowest BCUT2D eigenvalue weighted by Crippen LogP contribution is -2.31. The van der Waals surface area contributed by atoms with Crippen molar-refractivity contribution in [3.05, 3.63) is 70.0 Å². The van der Waals surface area contributed by atoms with Crippen LogP contribution in [0.1, 0.15) is 36.9 Å². The molecule has 0 aliphatic heterocycles. The third-order valence-corrected chi connectivity index (χ3v) is 5.99. The molecule has 1 amide bonds. The van der Waals surface area contributed by atoms with E-state index in [1.807, 2.05) is 62.4 Å². The molecule has 1 heterocycles. The Morgan fingerprint density at radius 1 is 1.21 bits per heavy atom. The van der Waals surface area contributed by atoms with Gasteiger partial charge < -0.3 is 5.32 Å². The first kappa shape index (κ1) is 18.7. The van der Waals surface area contributed by atoms with Gasteiger partial charge in [-0.15, -0.1) is 0 Å². The third-order valence-electron chi connectivity index (χ3n) is 4.93. The summed E-state index contributed by atoms with van der Waals surface area (Å²) in [5.41, 5.74) is 2.93. The predicted molar refractivity (Wildman–Crippen MR) is 113 cm³/mol. The zero-order valence-electron chi connectivity index (χ0n) is 16.0. The van der Waals surface area contributed by atoms with E-state index in [1.54, 1.807) is 4.57 Å². The largest absolute Gasteiger partial charge is 0.351 e. The Hall–Kier alpha value is -2.60. The number of nitrogens with zero attached hydrogens (tertiary/aromatic N) is 2. The zero-order valence-corrected chi connectivity index (χ0v) is 16.8. The van der Waals surface area contributed by atoms with E-state index < -0.39 is 0 Å². The van der Waals surface area contributed by atoms with Crippen LogP contribution in [0.2, 0.25) is 0 Å². The lowest BCUT2D eigenvalue weighted by atomic mass is 10.1. The first-order chi connectivity index (χ1) is 13.5. The van der Waals surface area contributed by atoms with E-state index in [-0.39, 0.29) is 22.8 Å². The summed E-state index contributed by atoms with van der Waals surface area (Å²) < 4.78 is 1.77. The Morgan fingerprint density at radius 3 is 2.64 bits per heavy atom. The molecule has 0 saturated heterocycles. The van der Waals surface area contributed by atoms with Crippen molar-refractivity contribution in [2.75, 3.05) is 0 Å². The van der Waals surface area contributed by atoms with Crippen molar-refractivity contribution < 1.29 is 4.79 Å². The molecule has 4 rings (SSSR count). The van der Waals surface area contributed by atoms with E-state index in [4.69, 9.17) is 4.98 Å². The minimum atomic E-state index is -0.344. The topological polar surface area (TPSA) is 64.0 Å². The van der Waals surface area contributed by atoms with Crippen molar-refractivity contribution in [1.82, 2.24) is 14.9 Å². The van der Waals surface area contributed by atoms with Gasteiger partial charge in [0.1, 0.15) is 0 Å². The van der Waals surface area contributed by atoms with Crippen LogP contribution in [-0.2, 0) is 11.3 Å². The summed E-state index contributed by atoms with van der Waals surface area (Å²) in [7, 11) is 0. The van der Waals surface area contributed by atoms with Crippen LogP contribution in [0, 0.1) is 6.92 Å². The maximum Gasteiger partial charge on any atom is 0.262 e. The minimum absolute atomic E-state index is 0.0112. The maximum atomic E-state index is 12.9. The van der Waals surface area contributed by atoms with E-state index in [9.17, 15) is 9.59 Å². The van der Waals surface area contributed by atoms with Gasteiger partial charge in [-0.2, -0.15) is 0 Å². The highest BCUT2D eigenvalue weighted by Gasteiger charge is 2.30. The monoisotopic (exact) mass is 393 g/mol. The summed E-state index contributed by atoms with van der Waals surface area (Å²) in [5.74, 6) is -0.0599. The smallest absolute Gasteiger partial charge is 0.262 e. The first-order valence-electron chi connectivity index (χ1n) is 9.54. The number of amides is 1. The quantitative estimate of drug-likeness (QED) is 0.511. The number of rotatable bonds is 6. The Morgan fingerprint density at radius 2 is 1.93 bits per heavy atom. The molecule has 1 aromatic heterocycles. The molecule has 3 aromatic rings. The Kier molecular flexibility index (Phi) is 5.22. The van der Waals surface area contributed by atoms with Gasteiger partial charge in [-0.05, 0) is 44.4 Å². The molecule has 1 aliphatic carbocycles. The second-order valence-electron chi connectivity index (χ2n) is 7.28. The molecular formula is C22H23N3O2S. The van der Waals surface area contributed by atoms with Crippen molar-refractivity contribution >= 4 is 28.6 Å². The SMILES string of the molecule is Cc1ccc(CNC(=O)[C@H](C)Sc2nc3ccccc3c(=O)n2C2CC2)cc1. The lowest BCUT2D eigenvalue weighted by molar-refractivity contribution is -0.120. The minimum Gasteiger partial charge on any atom is -0.351 e. The summed E-state index contributed by atoms with van der Waals surface area (Å²) in [6.07, 6.45) is 1.98. The number of para-hydroxylation sites is 1. The number of fused-ring (bicyclic) bond motifs is 1. The van der Waals surface area contributed by atoms with Crippen LogP contribution < -0.4 is 10.9 Å². The fourth-order valence-corrected chi connectivity index (χ4v) is 4.12. The van der Waals surface area contributed by atoms with Gasteiger partial charge in [0.05, 0.1) is 16.2 Å². The summed E-state index contributed by atoms with van der Waals surface area (Å²) in [6, 6.07) is 15.7. The van der Waals surface area contributed by atoms with Crippen LogP contribution in [-0.4, -0.2) is 20.7 Å². The van der Waals surface area contributed by atoms with E-state index in [2.05, 4.69) is 5.32 Å². The molecule has 0 spiro atoms. The molecule has 1 N–H and O–H groups in total. The molecular weight excluding hydrogens is 370 g/mol. The number of aryl methyl sites for hydroxylation is 1. The van der Waals surface area contributed by atoms with E-state index in [1.165, 1.54) is 17.3 Å². The van der Waals surface area contributed by atoms with E-state index in [0.717, 1.165) is 18.4 Å². The Bertz CT molecular complexity index is 1070. The van der Waals surface area contributed by atoms with E-state index in [0.29, 0.717) is 22.6 Å². The molecule has 28 heavy (non-hydrogen) atoms. The van der Waals surface area contributed by atoms with Gasteiger partial charge in [0.25, 0.3) is 5.56 Å². The molecule has 5 nitrogen and oxygen atoms in total. The number of carbonyl (C=O) groups excluding carboxylic acids is 1. The fraction of sp³-hybridized carbons (Fsp3) is 0.318. The van der Waals surface area contributed by atoms with Crippen LogP contribution in [0.5, 0.6) is 0 Å². The second-order valence-corrected chi connectivity index (χ2v) is 8.59. The average molecular weight is 394 g/mol. The number of thioether (sulfide) groups is 1. The average Bonchev–Trinajstić information content (AvgIpc) is 3.52. The maximum absolute atomic E-state index is 12.9. The molecule has 1 fully saturated rings. The van der Waals surface area contributed by atoms with Gasteiger partial charge in [0.2, 0.25) is 5.91 Å². The number of aromatic nitrogens is 2. The molecule has 1 atom stereocenters. The van der Waals surface area contributed by atoms with Crippen LogP contribution in [0.15, 0.2) is 58.5 Å². The van der Waals surface area contributed by atoms with E-state index >= 15 is 0 Å². The normalized spacial score (nSPS) is 14.8. The molecule has 0 bridgehead atoms. The molecule has 6 heteroatoms.